The van der Waals surface area contributed by atoms with Gasteiger partial charge in [-0.15, -0.1) is 0 Å². The highest BCUT2D eigenvalue weighted by molar-refractivity contribution is 5.79. The third-order valence-corrected chi connectivity index (χ3v) is 4.52. The Morgan fingerprint density at radius 2 is 2.00 bits per heavy atom. The van der Waals surface area contributed by atoms with Crippen LogP contribution < -0.4 is 5.32 Å². The van der Waals surface area contributed by atoms with Gasteiger partial charge in [0.2, 0.25) is 0 Å². The van der Waals surface area contributed by atoms with Crippen molar-refractivity contribution in [1.82, 2.24) is 15.0 Å². The van der Waals surface area contributed by atoms with Crippen molar-refractivity contribution < 1.29 is 4.39 Å². The lowest BCUT2D eigenvalue weighted by atomic mass is 10.1. The molecule has 0 spiro atoms. The number of aromatic nitrogens is 3. The number of benzene rings is 1. The fraction of sp³-hybridized carbons (Fsp3) is 0.143. The van der Waals surface area contributed by atoms with Gasteiger partial charge in [0.25, 0.3) is 0 Å². The first-order valence-electron chi connectivity index (χ1n) is 8.54. The largest absolute Gasteiger partial charge is 0.366 e. The molecule has 0 radical (unpaired) electrons. The van der Waals surface area contributed by atoms with E-state index in [1.807, 2.05) is 31.5 Å². The molecule has 0 unspecified atom stereocenters. The first-order valence-corrected chi connectivity index (χ1v) is 8.54. The summed E-state index contributed by atoms with van der Waals surface area (Å²) < 4.78 is 13.2. The SMILES string of the molecule is Cc1cc(F)ccc1CNc1ccc(Cc2c[nH]c3ncccc23)cn1. The summed E-state index contributed by atoms with van der Waals surface area (Å²) in [4.78, 5) is 12.0. The van der Waals surface area contributed by atoms with E-state index in [0.29, 0.717) is 6.54 Å². The van der Waals surface area contributed by atoms with E-state index in [9.17, 15) is 4.39 Å². The van der Waals surface area contributed by atoms with Crippen molar-refractivity contribution in [3.05, 3.63) is 89.1 Å². The van der Waals surface area contributed by atoms with Gasteiger partial charge >= 0.3 is 0 Å². The monoisotopic (exact) mass is 346 g/mol. The van der Waals surface area contributed by atoms with Crippen LogP contribution in [0.4, 0.5) is 10.2 Å². The van der Waals surface area contributed by atoms with Gasteiger partial charge < -0.3 is 10.3 Å². The molecule has 0 aliphatic rings. The zero-order valence-electron chi connectivity index (χ0n) is 14.5. The molecule has 4 rings (SSSR count). The number of hydrogen-bond acceptors (Lipinski definition) is 3. The number of nitrogens with zero attached hydrogens (tertiary/aromatic N) is 2. The average Bonchev–Trinajstić information content (AvgIpc) is 3.05. The zero-order chi connectivity index (χ0) is 17.9. The van der Waals surface area contributed by atoms with E-state index < -0.39 is 0 Å². The number of halogens is 1. The molecule has 3 heterocycles. The quantitative estimate of drug-likeness (QED) is 0.555. The Kier molecular flexibility index (Phi) is 4.35. The Morgan fingerprint density at radius 1 is 1.08 bits per heavy atom. The molecule has 0 aliphatic heterocycles. The molecule has 0 saturated carbocycles. The van der Waals surface area contributed by atoms with Crippen LogP contribution in [0.5, 0.6) is 0 Å². The van der Waals surface area contributed by atoms with Gasteiger partial charge in [0.05, 0.1) is 0 Å². The fourth-order valence-corrected chi connectivity index (χ4v) is 3.06. The molecule has 2 N–H and O–H groups in total. The van der Waals surface area contributed by atoms with Gasteiger partial charge in [0.1, 0.15) is 17.3 Å². The molecule has 0 bridgehead atoms. The number of nitrogens with one attached hydrogen (secondary N) is 2. The van der Waals surface area contributed by atoms with Crippen molar-refractivity contribution >= 4 is 16.9 Å². The van der Waals surface area contributed by atoms with E-state index >= 15 is 0 Å². The maximum atomic E-state index is 13.2. The Balaban J connectivity index is 1.43. The van der Waals surface area contributed by atoms with Crippen molar-refractivity contribution in [1.29, 1.82) is 0 Å². The number of hydrogen-bond donors (Lipinski definition) is 2. The van der Waals surface area contributed by atoms with Crippen LogP contribution >= 0.6 is 0 Å². The number of aryl methyl sites for hydroxylation is 1. The normalized spacial score (nSPS) is 11.0. The lowest BCUT2D eigenvalue weighted by Gasteiger charge is -2.09. The van der Waals surface area contributed by atoms with Gasteiger partial charge in [-0.2, -0.15) is 0 Å². The molecule has 4 nitrogen and oxygen atoms in total. The topological polar surface area (TPSA) is 53.6 Å². The molecule has 0 atom stereocenters. The Labute approximate surface area is 151 Å². The smallest absolute Gasteiger partial charge is 0.137 e. The van der Waals surface area contributed by atoms with E-state index in [2.05, 4.69) is 32.4 Å². The van der Waals surface area contributed by atoms with Gasteiger partial charge in [0.15, 0.2) is 0 Å². The summed E-state index contributed by atoms with van der Waals surface area (Å²) in [7, 11) is 0. The van der Waals surface area contributed by atoms with E-state index in [-0.39, 0.29) is 5.82 Å². The van der Waals surface area contributed by atoms with Gasteiger partial charge in [-0.3, -0.25) is 0 Å². The highest BCUT2D eigenvalue weighted by Crippen LogP contribution is 2.20. The summed E-state index contributed by atoms with van der Waals surface area (Å²) in [6.45, 7) is 2.53. The maximum absolute atomic E-state index is 13.2. The van der Waals surface area contributed by atoms with Crippen molar-refractivity contribution in [3.8, 4) is 0 Å². The summed E-state index contributed by atoms with van der Waals surface area (Å²) in [5, 5.41) is 4.43. The lowest BCUT2D eigenvalue weighted by Crippen LogP contribution is -2.03. The molecule has 0 fully saturated rings. The Morgan fingerprint density at radius 3 is 2.81 bits per heavy atom. The minimum atomic E-state index is -0.207. The third kappa shape index (κ3) is 3.42. The van der Waals surface area contributed by atoms with Crippen LogP contribution in [0.15, 0.2) is 61.1 Å². The Hall–Kier alpha value is -3.21. The molecule has 0 amide bonds. The lowest BCUT2D eigenvalue weighted by molar-refractivity contribution is 0.625. The molecular formula is C21H19FN4. The number of H-pyrrole nitrogens is 1. The number of pyridine rings is 2. The number of aromatic amines is 1. The van der Waals surface area contributed by atoms with Crippen LogP contribution in [0.1, 0.15) is 22.3 Å². The van der Waals surface area contributed by atoms with Gasteiger partial charge in [-0.05, 0) is 59.5 Å². The molecule has 130 valence electrons. The number of rotatable bonds is 5. The van der Waals surface area contributed by atoms with Crippen LogP contribution in [0.3, 0.4) is 0 Å². The van der Waals surface area contributed by atoms with Crippen LogP contribution in [0.25, 0.3) is 11.0 Å². The molecule has 0 aliphatic carbocycles. The van der Waals surface area contributed by atoms with Gasteiger partial charge in [-0.1, -0.05) is 12.1 Å². The average molecular weight is 346 g/mol. The molecule has 5 heteroatoms. The van der Waals surface area contributed by atoms with Gasteiger partial charge in [0, 0.05) is 36.9 Å². The van der Waals surface area contributed by atoms with E-state index in [1.165, 1.54) is 11.6 Å². The first-order chi connectivity index (χ1) is 12.7. The van der Waals surface area contributed by atoms with Crippen LogP contribution in [0, 0.1) is 12.7 Å². The summed E-state index contributed by atoms with van der Waals surface area (Å²) in [5.41, 5.74) is 5.24. The minimum Gasteiger partial charge on any atom is -0.366 e. The van der Waals surface area contributed by atoms with Crippen LogP contribution in [0.2, 0.25) is 0 Å². The predicted octanol–water partition coefficient (Wildman–Crippen LogP) is 4.61. The highest BCUT2D eigenvalue weighted by Gasteiger charge is 2.06. The van der Waals surface area contributed by atoms with E-state index in [0.717, 1.165) is 40.0 Å². The van der Waals surface area contributed by atoms with Crippen LogP contribution in [-0.2, 0) is 13.0 Å². The Bertz CT molecular complexity index is 1040. The maximum Gasteiger partial charge on any atom is 0.137 e. The molecule has 4 aromatic rings. The second kappa shape index (κ2) is 6.96. The van der Waals surface area contributed by atoms with Crippen molar-refractivity contribution in [2.75, 3.05) is 5.32 Å². The van der Waals surface area contributed by atoms with Crippen molar-refractivity contribution in [2.24, 2.45) is 0 Å². The van der Waals surface area contributed by atoms with E-state index in [4.69, 9.17) is 0 Å². The summed E-state index contributed by atoms with van der Waals surface area (Å²) in [6.07, 6.45) is 6.47. The molecule has 1 aromatic carbocycles. The predicted molar refractivity (Wildman–Crippen MR) is 102 cm³/mol. The highest BCUT2D eigenvalue weighted by atomic mass is 19.1. The molecule has 26 heavy (non-hydrogen) atoms. The van der Waals surface area contributed by atoms with Gasteiger partial charge in [-0.25, -0.2) is 14.4 Å². The molecular weight excluding hydrogens is 327 g/mol. The third-order valence-electron chi connectivity index (χ3n) is 4.52. The zero-order valence-corrected chi connectivity index (χ0v) is 14.5. The summed E-state index contributed by atoms with van der Waals surface area (Å²) in [6, 6.07) is 12.9. The number of anilines is 1. The van der Waals surface area contributed by atoms with Crippen LogP contribution in [-0.4, -0.2) is 15.0 Å². The second-order valence-electron chi connectivity index (χ2n) is 6.37. The minimum absolute atomic E-state index is 0.207. The molecule has 3 aromatic heterocycles. The second-order valence-corrected chi connectivity index (χ2v) is 6.37. The van der Waals surface area contributed by atoms with E-state index in [1.54, 1.807) is 18.3 Å². The number of fused-ring (bicyclic) bond motifs is 1. The standard InChI is InChI=1S/C21H19FN4/c1-14-9-18(22)6-5-16(14)12-25-20-7-4-15(11-24-20)10-17-13-26-21-19(17)3-2-8-23-21/h2-9,11,13H,10,12H2,1H3,(H,23,26)(H,24,25). The first kappa shape index (κ1) is 16.3. The summed E-state index contributed by atoms with van der Waals surface area (Å²) >= 11 is 0. The summed E-state index contributed by atoms with van der Waals surface area (Å²) in [5.74, 6) is 0.597. The molecule has 0 saturated heterocycles. The fourth-order valence-electron chi connectivity index (χ4n) is 3.06. The van der Waals surface area contributed by atoms with Crippen molar-refractivity contribution in [2.45, 2.75) is 19.9 Å². The van der Waals surface area contributed by atoms with Crippen molar-refractivity contribution in [3.63, 3.8) is 0 Å².